The van der Waals surface area contributed by atoms with Gasteiger partial charge < -0.3 is 0 Å². The zero-order valence-corrected chi connectivity index (χ0v) is 28.6. The average Bonchev–Trinajstić information content (AvgIpc) is 3.43. The number of hydrogen-bond acceptors (Lipinski definition) is 2. The fourth-order valence-corrected chi connectivity index (χ4v) is 8.36. The fraction of sp³-hybridized carbons (Fsp3) is 0.0612. The molecule has 0 fully saturated rings. The van der Waals surface area contributed by atoms with Crippen LogP contribution in [-0.4, -0.2) is 9.97 Å². The molecule has 1 heterocycles. The number of rotatable bonds is 4. The van der Waals surface area contributed by atoms with E-state index < -0.39 is 0 Å². The summed E-state index contributed by atoms with van der Waals surface area (Å²) < 4.78 is 0. The van der Waals surface area contributed by atoms with E-state index in [0.29, 0.717) is 5.82 Å². The predicted octanol–water partition coefficient (Wildman–Crippen LogP) is 12.9. The summed E-state index contributed by atoms with van der Waals surface area (Å²) in [4.78, 5) is 10.6. The van der Waals surface area contributed by atoms with Crippen molar-refractivity contribution >= 4 is 32.3 Å². The minimum atomic E-state index is -0.0375. The Labute approximate surface area is 297 Å². The Morgan fingerprint density at radius 2 is 1.02 bits per heavy atom. The van der Waals surface area contributed by atoms with E-state index in [1.807, 2.05) is 6.07 Å². The highest BCUT2D eigenvalue weighted by molar-refractivity contribution is 6.21. The molecule has 0 unspecified atom stereocenters. The van der Waals surface area contributed by atoms with Crippen molar-refractivity contribution in [2.45, 2.75) is 19.3 Å². The van der Waals surface area contributed by atoms with Crippen LogP contribution in [0.5, 0.6) is 0 Å². The number of benzene rings is 8. The van der Waals surface area contributed by atoms with Crippen LogP contribution in [0, 0.1) is 0 Å². The van der Waals surface area contributed by atoms with Crippen LogP contribution >= 0.6 is 0 Å². The Hall–Kier alpha value is -6.38. The van der Waals surface area contributed by atoms with Crippen LogP contribution < -0.4 is 0 Å². The molecule has 1 aliphatic rings. The number of fused-ring (bicyclic) bond motifs is 7. The van der Waals surface area contributed by atoms with Gasteiger partial charge in [-0.15, -0.1) is 0 Å². The van der Waals surface area contributed by atoms with Gasteiger partial charge in [-0.25, -0.2) is 9.97 Å². The van der Waals surface area contributed by atoms with Crippen molar-refractivity contribution < 1.29 is 0 Å². The molecule has 1 aliphatic carbocycles. The Morgan fingerprint density at radius 1 is 0.392 bits per heavy atom. The molecule has 0 saturated carbocycles. The number of nitrogens with zero attached hydrogens (tertiary/aromatic N) is 2. The van der Waals surface area contributed by atoms with Gasteiger partial charge in [0.25, 0.3) is 0 Å². The molecule has 0 saturated heterocycles. The van der Waals surface area contributed by atoms with Gasteiger partial charge >= 0.3 is 0 Å². The summed E-state index contributed by atoms with van der Waals surface area (Å²) in [5.74, 6) is 0.716. The van der Waals surface area contributed by atoms with Gasteiger partial charge in [-0.05, 0) is 77.8 Å². The van der Waals surface area contributed by atoms with Crippen LogP contribution in [0.3, 0.4) is 0 Å². The first-order valence-corrected chi connectivity index (χ1v) is 17.7. The van der Waals surface area contributed by atoms with E-state index in [1.54, 1.807) is 0 Å². The molecule has 1 aromatic heterocycles. The normalized spacial score (nSPS) is 13.1. The maximum atomic E-state index is 5.33. The van der Waals surface area contributed by atoms with Crippen LogP contribution in [0.2, 0.25) is 0 Å². The van der Waals surface area contributed by atoms with E-state index in [0.717, 1.165) is 28.1 Å². The van der Waals surface area contributed by atoms with E-state index in [-0.39, 0.29) is 5.41 Å². The van der Waals surface area contributed by atoms with Crippen molar-refractivity contribution in [2.24, 2.45) is 0 Å². The van der Waals surface area contributed by atoms with Gasteiger partial charge in [0.05, 0.1) is 11.4 Å². The molecule has 0 N–H and O–H groups in total. The fourth-order valence-electron chi connectivity index (χ4n) is 8.36. The van der Waals surface area contributed by atoms with Gasteiger partial charge in [0.2, 0.25) is 0 Å². The monoisotopic (exact) mass is 650 g/mol. The third-order valence-electron chi connectivity index (χ3n) is 10.9. The first-order chi connectivity index (χ1) is 25.0. The summed E-state index contributed by atoms with van der Waals surface area (Å²) in [6.07, 6.45) is 0. The molecule has 0 atom stereocenters. The van der Waals surface area contributed by atoms with Crippen LogP contribution in [0.15, 0.2) is 170 Å². The molecule has 0 bridgehead atoms. The van der Waals surface area contributed by atoms with Crippen molar-refractivity contribution in [3.05, 3.63) is 181 Å². The SMILES string of the molecule is CC1(C)c2ccccc2-c2c(-c3ccc(-c4cc(-c5c6ccccc6cc6ccc7ccccc7c56)nc(-c5ccccc5)n4)cc3)cccc21. The Morgan fingerprint density at radius 3 is 1.86 bits per heavy atom. The molecule has 10 rings (SSSR count). The number of aromatic nitrogens is 2. The first-order valence-electron chi connectivity index (χ1n) is 17.7. The first kappa shape index (κ1) is 29.5. The van der Waals surface area contributed by atoms with Gasteiger partial charge in [0.15, 0.2) is 5.82 Å². The second kappa shape index (κ2) is 11.3. The largest absolute Gasteiger partial charge is 0.228 e. The summed E-state index contributed by atoms with van der Waals surface area (Å²) in [6.45, 7) is 4.67. The lowest BCUT2D eigenvalue weighted by molar-refractivity contribution is 0.660. The van der Waals surface area contributed by atoms with Gasteiger partial charge in [0.1, 0.15) is 0 Å². The Kier molecular flexibility index (Phi) is 6.56. The minimum Gasteiger partial charge on any atom is -0.228 e. The summed E-state index contributed by atoms with van der Waals surface area (Å²) in [5, 5.41) is 7.23. The van der Waals surface area contributed by atoms with Crippen LogP contribution in [0.4, 0.5) is 0 Å². The standard InChI is InChI=1S/C49H34N2/c1-49(2)41-21-11-10-19-40(41)46-38(20-12-22-42(46)49)32-23-26-33(27-24-32)43-30-44(51-48(50-43)34-14-4-3-5-15-34)47-39-18-9-7-16-35(39)29-36-28-25-31-13-6-8-17-37(31)45(36)47/h3-30H,1-2H3. The summed E-state index contributed by atoms with van der Waals surface area (Å²) in [6, 6.07) is 61.2. The highest BCUT2D eigenvalue weighted by atomic mass is 14.9. The molecule has 0 aliphatic heterocycles. The quantitative estimate of drug-likeness (QED) is 0.140. The molecular weight excluding hydrogens is 617 g/mol. The van der Waals surface area contributed by atoms with Gasteiger partial charge in [0, 0.05) is 22.1 Å². The molecule has 9 aromatic rings. The lowest BCUT2D eigenvalue weighted by atomic mass is 9.82. The predicted molar refractivity (Wildman–Crippen MR) is 214 cm³/mol. The molecule has 0 amide bonds. The van der Waals surface area contributed by atoms with Crippen molar-refractivity contribution in [3.63, 3.8) is 0 Å². The van der Waals surface area contributed by atoms with E-state index in [1.165, 1.54) is 65.7 Å². The topological polar surface area (TPSA) is 25.8 Å². The Balaban J connectivity index is 1.18. The van der Waals surface area contributed by atoms with Crippen LogP contribution in [-0.2, 0) is 5.41 Å². The van der Waals surface area contributed by atoms with E-state index >= 15 is 0 Å². The summed E-state index contributed by atoms with van der Waals surface area (Å²) in [7, 11) is 0. The van der Waals surface area contributed by atoms with Crippen molar-refractivity contribution in [1.29, 1.82) is 0 Å². The highest BCUT2D eigenvalue weighted by Gasteiger charge is 2.36. The van der Waals surface area contributed by atoms with Crippen molar-refractivity contribution in [2.75, 3.05) is 0 Å². The third kappa shape index (κ3) is 4.64. The average molecular weight is 651 g/mol. The molecule has 8 aromatic carbocycles. The van der Waals surface area contributed by atoms with Crippen LogP contribution in [0.25, 0.3) is 88.5 Å². The van der Waals surface area contributed by atoms with Crippen LogP contribution in [0.1, 0.15) is 25.0 Å². The zero-order chi connectivity index (χ0) is 34.1. The second-order valence-corrected chi connectivity index (χ2v) is 14.2. The smallest absolute Gasteiger partial charge is 0.160 e. The molecule has 2 heteroatoms. The minimum absolute atomic E-state index is 0.0375. The van der Waals surface area contributed by atoms with Crippen molar-refractivity contribution in [3.8, 4) is 56.2 Å². The maximum absolute atomic E-state index is 5.33. The van der Waals surface area contributed by atoms with E-state index in [9.17, 15) is 0 Å². The lowest BCUT2D eigenvalue weighted by Gasteiger charge is -2.21. The molecule has 2 nitrogen and oxygen atoms in total. The molecule has 51 heavy (non-hydrogen) atoms. The summed E-state index contributed by atoms with van der Waals surface area (Å²) in [5.41, 5.74) is 12.9. The van der Waals surface area contributed by atoms with Gasteiger partial charge in [-0.3, -0.25) is 0 Å². The third-order valence-corrected chi connectivity index (χ3v) is 10.9. The maximum Gasteiger partial charge on any atom is 0.160 e. The van der Waals surface area contributed by atoms with Gasteiger partial charge in [-0.1, -0.05) is 172 Å². The molecular formula is C49H34N2. The highest BCUT2D eigenvalue weighted by Crippen LogP contribution is 2.52. The number of hydrogen-bond donors (Lipinski definition) is 0. The second-order valence-electron chi connectivity index (χ2n) is 14.2. The summed E-state index contributed by atoms with van der Waals surface area (Å²) >= 11 is 0. The Bertz CT molecular complexity index is 2810. The van der Waals surface area contributed by atoms with E-state index in [4.69, 9.17) is 9.97 Å². The molecule has 0 radical (unpaired) electrons. The molecule has 240 valence electrons. The van der Waals surface area contributed by atoms with Gasteiger partial charge in [-0.2, -0.15) is 0 Å². The molecule has 0 spiro atoms. The van der Waals surface area contributed by atoms with E-state index in [2.05, 4.69) is 178 Å². The van der Waals surface area contributed by atoms with Crippen molar-refractivity contribution in [1.82, 2.24) is 9.97 Å². The zero-order valence-electron chi connectivity index (χ0n) is 28.6. The lowest BCUT2D eigenvalue weighted by Crippen LogP contribution is -2.14.